The average Bonchev–Trinajstić information content (AvgIpc) is 3.10. The lowest BCUT2D eigenvalue weighted by Crippen LogP contribution is -2.40. The van der Waals surface area contributed by atoms with Gasteiger partial charge in [0.25, 0.3) is 0 Å². The van der Waals surface area contributed by atoms with E-state index in [0.29, 0.717) is 18.7 Å². The van der Waals surface area contributed by atoms with E-state index in [9.17, 15) is 18.4 Å². The number of carbonyl (C=O) groups excluding carboxylic acids is 1. The second kappa shape index (κ2) is 7.59. The van der Waals surface area contributed by atoms with Gasteiger partial charge in [-0.05, 0) is 18.9 Å². The minimum atomic E-state index is -1.07. The van der Waals surface area contributed by atoms with Gasteiger partial charge in [-0.1, -0.05) is 12.1 Å². The summed E-state index contributed by atoms with van der Waals surface area (Å²) in [6.07, 6.45) is 3.19. The maximum absolute atomic E-state index is 14.0. The number of carboxylic acids is 1. The molecule has 1 aromatic heterocycles. The van der Waals surface area contributed by atoms with Crippen molar-refractivity contribution in [1.82, 2.24) is 19.7 Å². The van der Waals surface area contributed by atoms with Crippen LogP contribution in [0.1, 0.15) is 36.7 Å². The summed E-state index contributed by atoms with van der Waals surface area (Å²) >= 11 is 0. The van der Waals surface area contributed by atoms with E-state index in [2.05, 4.69) is 10.2 Å². The number of aliphatic carboxylic acids is 1. The number of halogens is 2. The average molecular weight is 364 g/mol. The first-order chi connectivity index (χ1) is 12.5. The van der Waals surface area contributed by atoms with Crippen LogP contribution in [0.15, 0.2) is 24.5 Å². The lowest BCUT2D eigenvalue weighted by Gasteiger charge is -2.30. The maximum Gasteiger partial charge on any atom is 0.305 e. The molecule has 138 valence electrons. The van der Waals surface area contributed by atoms with Gasteiger partial charge in [0, 0.05) is 25.1 Å². The van der Waals surface area contributed by atoms with Crippen LogP contribution in [-0.4, -0.2) is 43.2 Å². The summed E-state index contributed by atoms with van der Waals surface area (Å²) < 4.78 is 29.1. The molecule has 0 radical (unpaired) electrons. The van der Waals surface area contributed by atoms with Gasteiger partial charge < -0.3 is 14.6 Å². The third-order valence-electron chi connectivity index (χ3n) is 4.45. The van der Waals surface area contributed by atoms with Crippen LogP contribution in [0.5, 0.6) is 0 Å². The van der Waals surface area contributed by atoms with Crippen LogP contribution in [0.25, 0.3) is 0 Å². The zero-order valence-corrected chi connectivity index (χ0v) is 13.9. The van der Waals surface area contributed by atoms with E-state index in [1.165, 1.54) is 23.4 Å². The summed E-state index contributed by atoms with van der Waals surface area (Å²) in [6.45, 7) is -0.304. The molecule has 2 heterocycles. The molecule has 1 atom stereocenters. The monoisotopic (exact) mass is 364 g/mol. The Labute approximate surface area is 148 Å². The Balaban J connectivity index is 1.85. The van der Waals surface area contributed by atoms with Crippen molar-refractivity contribution in [2.75, 3.05) is 6.54 Å². The molecule has 1 unspecified atom stereocenters. The van der Waals surface area contributed by atoms with Crippen molar-refractivity contribution >= 4 is 11.9 Å². The number of amides is 1. The van der Waals surface area contributed by atoms with Gasteiger partial charge in [-0.3, -0.25) is 9.59 Å². The number of aryl methyl sites for hydroxylation is 1. The molecule has 1 aromatic carbocycles. The Morgan fingerprint density at radius 3 is 2.92 bits per heavy atom. The second-order valence-electron chi connectivity index (χ2n) is 6.18. The number of carbonyl (C=O) groups is 2. The van der Waals surface area contributed by atoms with E-state index < -0.39 is 23.6 Å². The first-order valence-corrected chi connectivity index (χ1v) is 8.29. The molecule has 7 nitrogen and oxygen atoms in total. The highest BCUT2D eigenvalue weighted by Gasteiger charge is 2.31. The normalized spacial score (nSPS) is 16.2. The van der Waals surface area contributed by atoms with Crippen LogP contribution in [0.3, 0.4) is 0 Å². The molecule has 0 bridgehead atoms. The fourth-order valence-electron chi connectivity index (χ4n) is 3.13. The standard InChI is InChI=1S/C17H18F2N4O3/c18-12-4-1-3-11(16(12)19)9-22(8-7-15(24)25)17(26)13-5-2-6-14-21-20-10-23(13)14/h1,3-4,10,13H,2,5-9H2,(H,24,25). The van der Waals surface area contributed by atoms with Gasteiger partial charge in [-0.2, -0.15) is 0 Å². The largest absolute Gasteiger partial charge is 0.481 e. The summed E-state index contributed by atoms with van der Waals surface area (Å²) in [5.41, 5.74) is 0.00327. The summed E-state index contributed by atoms with van der Waals surface area (Å²) in [5.74, 6) is -2.78. The van der Waals surface area contributed by atoms with Gasteiger partial charge in [0.2, 0.25) is 5.91 Å². The molecule has 0 saturated carbocycles. The molecule has 1 aliphatic rings. The van der Waals surface area contributed by atoms with E-state index in [1.807, 2.05) is 0 Å². The van der Waals surface area contributed by atoms with Crippen LogP contribution < -0.4 is 0 Å². The summed E-state index contributed by atoms with van der Waals surface area (Å²) in [7, 11) is 0. The van der Waals surface area contributed by atoms with Crippen LogP contribution >= 0.6 is 0 Å². The van der Waals surface area contributed by atoms with Crippen molar-refractivity contribution in [1.29, 1.82) is 0 Å². The summed E-state index contributed by atoms with van der Waals surface area (Å²) in [4.78, 5) is 25.2. The lowest BCUT2D eigenvalue weighted by atomic mass is 10.0. The molecule has 1 N–H and O–H groups in total. The fraction of sp³-hybridized carbons (Fsp3) is 0.412. The number of carboxylic acid groups (broad SMARTS) is 1. The Bertz CT molecular complexity index is 824. The van der Waals surface area contributed by atoms with Crippen molar-refractivity contribution < 1.29 is 23.5 Å². The number of hydrogen-bond acceptors (Lipinski definition) is 4. The van der Waals surface area contributed by atoms with Crippen LogP contribution in [-0.2, 0) is 22.6 Å². The molecule has 0 spiro atoms. The predicted octanol–water partition coefficient (Wildman–Crippen LogP) is 1.94. The van der Waals surface area contributed by atoms with Crippen molar-refractivity contribution in [2.24, 2.45) is 0 Å². The number of aromatic nitrogens is 3. The summed E-state index contributed by atoms with van der Waals surface area (Å²) in [5, 5.41) is 16.7. The molecule has 2 aromatic rings. The Kier molecular flexibility index (Phi) is 5.24. The number of rotatable bonds is 6. The first kappa shape index (κ1) is 18.0. The van der Waals surface area contributed by atoms with Gasteiger partial charge >= 0.3 is 5.97 Å². The van der Waals surface area contributed by atoms with Gasteiger partial charge in [-0.25, -0.2) is 8.78 Å². The molecule has 26 heavy (non-hydrogen) atoms. The first-order valence-electron chi connectivity index (χ1n) is 8.29. The van der Waals surface area contributed by atoms with E-state index in [1.54, 1.807) is 4.57 Å². The maximum atomic E-state index is 14.0. The number of fused-ring (bicyclic) bond motifs is 1. The zero-order chi connectivity index (χ0) is 18.7. The minimum Gasteiger partial charge on any atom is -0.481 e. The predicted molar refractivity (Wildman–Crippen MR) is 86.0 cm³/mol. The molecule has 1 amide bonds. The van der Waals surface area contributed by atoms with E-state index >= 15 is 0 Å². The van der Waals surface area contributed by atoms with Crippen molar-refractivity contribution in [3.8, 4) is 0 Å². The van der Waals surface area contributed by atoms with Crippen molar-refractivity contribution in [3.63, 3.8) is 0 Å². The third kappa shape index (κ3) is 3.71. The van der Waals surface area contributed by atoms with E-state index in [-0.39, 0.29) is 31.0 Å². The SMILES string of the molecule is O=C(O)CCN(Cc1cccc(F)c1F)C(=O)C1CCCc2nncn21. The number of nitrogens with zero attached hydrogens (tertiary/aromatic N) is 4. The Hall–Kier alpha value is -2.84. The quantitative estimate of drug-likeness (QED) is 0.846. The van der Waals surface area contributed by atoms with Crippen LogP contribution in [0.4, 0.5) is 8.78 Å². The lowest BCUT2D eigenvalue weighted by molar-refractivity contribution is -0.140. The van der Waals surface area contributed by atoms with Gasteiger partial charge in [0.15, 0.2) is 11.6 Å². The Morgan fingerprint density at radius 2 is 2.15 bits per heavy atom. The van der Waals surface area contributed by atoms with Crippen LogP contribution in [0.2, 0.25) is 0 Å². The smallest absolute Gasteiger partial charge is 0.305 e. The molecule has 3 rings (SSSR count). The molecular formula is C17H18F2N4O3. The van der Waals surface area contributed by atoms with Gasteiger partial charge in [0.05, 0.1) is 6.42 Å². The Morgan fingerprint density at radius 1 is 1.35 bits per heavy atom. The molecule has 9 heteroatoms. The summed E-state index contributed by atoms with van der Waals surface area (Å²) in [6, 6.07) is 3.16. The van der Waals surface area contributed by atoms with E-state index in [4.69, 9.17) is 5.11 Å². The highest BCUT2D eigenvalue weighted by atomic mass is 19.2. The fourth-order valence-corrected chi connectivity index (χ4v) is 3.13. The second-order valence-corrected chi connectivity index (χ2v) is 6.18. The molecule has 0 saturated heterocycles. The minimum absolute atomic E-state index is 0.00327. The van der Waals surface area contributed by atoms with Gasteiger partial charge in [0.1, 0.15) is 18.2 Å². The number of hydrogen-bond donors (Lipinski definition) is 1. The molecule has 1 aliphatic heterocycles. The third-order valence-corrected chi connectivity index (χ3v) is 4.45. The molecule has 0 aliphatic carbocycles. The molecule has 0 fully saturated rings. The number of benzene rings is 1. The van der Waals surface area contributed by atoms with Crippen molar-refractivity contribution in [2.45, 2.75) is 38.3 Å². The van der Waals surface area contributed by atoms with E-state index in [0.717, 1.165) is 12.5 Å². The van der Waals surface area contributed by atoms with Crippen molar-refractivity contribution in [3.05, 3.63) is 47.5 Å². The zero-order valence-electron chi connectivity index (χ0n) is 13.9. The van der Waals surface area contributed by atoms with Gasteiger partial charge in [-0.15, -0.1) is 10.2 Å². The topological polar surface area (TPSA) is 88.3 Å². The molecular weight excluding hydrogens is 346 g/mol. The highest BCUT2D eigenvalue weighted by molar-refractivity contribution is 5.81. The highest BCUT2D eigenvalue weighted by Crippen LogP contribution is 2.26. The van der Waals surface area contributed by atoms with Crippen LogP contribution in [0, 0.1) is 11.6 Å².